The quantitative estimate of drug-likeness (QED) is 0.452. The van der Waals surface area contributed by atoms with Gasteiger partial charge in [-0.1, -0.05) is 53.2 Å². The lowest BCUT2D eigenvalue weighted by molar-refractivity contribution is -0.120. The zero-order valence-electron chi connectivity index (χ0n) is 17.8. The molecule has 0 saturated carbocycles. The molecule has 1 amide bonds. The summed E-state index contributed by atoms with van der Waals surface area (Å²) in [5, 5.41) is 13.8. The first-order valence-corrected chi connectivity index (χ1v) is 11.1. The molecule has 0 saturated heterocycles. The molecule has 5 nitrogen and oxygen atoms in total. The topological polar surface area (TPSA) is 59.3 Å². The first-order valence-electron chi connectivity index (χ1n) is 10.1. The van der Waals surface area contributed by atoms with Crippen LogP contribution in [0.5, 0.6) is 0 Å². The van der Waals surface area contributed by atoms with E-state index in [9.17, 15) is 4.79 Å². The fraction of sp³-hybridized carbons (Fsp3) is 0.292. The summed E-state index contributed by atoms with van der Waals surface area (Å²) >= 11 is 1.57. The molecule has 0 radical (unpaired) electrons. The smallest absolute Gasteiger partial charge is 0.221 e. The third-order valence-corrected chi connectivity index (χ3v) is 6.16. The predicted molar refractivity (Wildman–Crippen MR) is 123 cm³/mol. The van der Waals surface area contributed by atoms with Crippen LogP contribution in [0.15, 0.2) is 47.6 Å². The number of amides is 1. The van der Waals surface area contributed by atoms with Gasteiger partial charge in [-0.3, -0.25) is 9.20 Å². The second-order valence-electron chi connectivity index (χ2n) is 7.85. The predicted octanol–water partition coefficient (Wildman–Crippen LogP) is 4.91. The minimum absolute atomic E-state index is 0.0466. The summed E-state index contributed by atoms with van der Waals surface area (Å²) in [6.07, 6.45) is 0.438. The van der Waals surface area contributed by atoms with Gasteiger partial charge in [0.2, 0.25) is 5.91 Å². The molecule has 4 rings (SSSR count). The molecular weight excluding hydrogens is 392 g/mol. The largest absolute Gasteiger partial charge is 0.352 e. The monoisotopic (exact) mass is 418 g/mol. The highest BCUT2D eigenvalue weighted by molar-refractivity contribution is 7.99. The molecule has 0 aliphatic heterocycles. The van der Waals surface area contributed by atoms with Gasteiger partial charge < -0.3 is 5.32 Å². The highest BCUT2D eigenvalue weighted by Crippen LogP contribution is 2.29. The number of hydrogen-bond acceptors (Lipinski definition) is 4. The number of aromatic nitrogens is 3. The molecule has 30 heavy (non-hydrogen) atoms. The summed E-state index contributed by atoms with van der Waals surface area (Å²) < 4.78 is 2.12. The number of rotatable bonds is 6. The number of aryl methyl sites for hydroxylation is 4. The molecule has 0 aliphatic rings. The highest BCUT2D eigenvalue weighted by atomic mass is 32.2. The molecule has 1 N–H and O–H groups in total. The van der Waals surface area contributed by atoms with Crippen molar-refractivity contribution in [3.63, 3.8) is 0 Å². The van der Waals surface area contributed by atoms with Gasteiger partial charge in [0.05, 0.1) is 5.52 Å². The summed E-state index contributed by atoms with van der Waals surface area (Å²) in [4.78, 5) is 12.3. The van der Waals surface area contributed by atoms with E-state index in [-0.39, 0.29) is 5.91 Å². The first kappa shape index (κ1) is 20.4. The lowest BCUT2D eigenvalue weighted by Crippen LogP contribution is -2.23. The van der Waals surface area contributed by atoms with E-state index >= 15 is 0 Å². The highest BCUT2D eigenvalue weighted by Gasteiger charge is 2.14. The van der Waals surface area contributed by atoms with Gasteiger partial charge in [0.25, 0.3) is 0 Å². The van der Waals surface area contributed by atoms with Crippen LogP contribution in [-0.2, 0) is 11.3 Å². The number of nitrogens with one attached hydrogen (secondary N) is 1. The second kappa shape index (κ2) is 8.48. The lowest BCUT2D eigenvalue weighted by Gasteiger charge is -2.11. The Bertz CT molecular complexity index is 1250. The van der Waals surface area contributed by atoms with Crippen LogP contribution in [0.2, 0.25) is 0 Å². The maximum atomic E-state index is 12.3. The van der Waals surface area contributed by atoms with Crippen LogP contribution in [0.1, 0.15) is 34.2 Å². The van der Waals surface area contributed by atoms with E-state index in [1.807, 2.05) is 12.1 Å². The van der Waals surface area contributed by atoms with E-state index in [0.717, 1.165) is 21.9 Å². The maximum absolute atomic E-state index is 12.3. The van der Waals surface area contributed by atoms with Gasteiger partial charge in [-0.05, 0) is 56.5 Å². The fourth-order valence-electron chi connectivity index (χ4n) is 3.85. The minimum atomic E-state index is 0.0466. The van der Waals surface area contributed by atoms with Crippen LogP contribution in [0.25, 0.3) is 16.6 Å². The van der Waals surface area contributed by atoms with Crippen LogP contribution in [-0.4, -0.2) is 26.3 Å². The molecule has 6 heteroatoms. The summed E-state index contributed by atoms with van der Waals surface area (Å²) in [6, 6.07) is 14.7. The van der Waals surface area contributed by atoms with E-state index in [0.29, 0.717) is 18.7 Å². The van der Waals surface area contributed by atoms with E-state index in [1.165, 1.54) is 27.6 Å². The van der Waals surface area contributed by atoms with Crippen molar-refractivity contribution in [3.05, 3.63) is 70.3 Å². The van der Waals surface area contributed by atoms with E-state index in [2.05, 4.69) is 77.9 Å². The van der Waals surface area contributed by atoms with Gasteiger partial charge in [-0.2, -0.15) is 0 Å². The van der Waals surface area contributed by atoms with E-state index < -0.39 is 0 Å². The Morgan fingerprint density at radius 3 is 2.63 bits per heavy atom. The Balaban J connectivity index is 1.47. The third kappa shape index (κ3) is 4.19. The zero-order valence-corrected chi connectivity index (χ0v) is 18.6. The van der Waals surface area contributed by atoms with Crippen molar-refractivity contribution in [2.45, 2.75) is 45.8 Å². The number of pyridine rings is 1. The Morgan fingerprint density at radius 1 is 1.00 bits per heavy atom. The van der Waals surface area contributed by atoms with Crippen LogP contribution in [0.4, 0.5) is 0 Å². The molecule has 4 aromatic rings. The van der Waals surface area contributed by atoms with Crippen LogP contribution < -0.4 is 5.32 Å². The van der Waals surface area contributed by atoms with Gasteiger partial charge in [0, 0.05) is 24.1 Å². The zero-order chi connectivity index (χ0) is 21.3. The van der Waals surface area contributed by atoms with Gasteiger partial charge in [0.1, 0.15) is 0 Å². The Labute approximate surface area is 180 Å². The molecule has 0 aliphatic carbocycles. The number of thioether (sulfide) groups is 1. The van der Waals surface area contributed by atoms with Crippen molar-refractivity contribution >= 4 is 34.2 Å². The van der Waals surface area contributed by atoms with Crippen LogP contribution in [0.3, 0.4) is 0 Å². The first-order chi connectivity index (χ1) is 14.4. The van der Waals surface area contributed by atoms with Crippen molar-refractivity contribution in [3.8, 4) is 0 Å². The number of carbonyl (C=O) groups excluding carboxylic acids is 1. The normalized spacial score (nSPS) is 11.3. The fourth-order valence-corrected chi connectivity index (χ4v) is 4.74. The van der Waals surface area contributed by atoms with Gasteiger partial charge in [-0.25, -0.2) is 0 Å². The molecule has 154 valence electrons. The van der Waals surface area contributed by atoms with Gasteiger partial charge in [-0.15, -0.1) is 10.2 Å². The Kier molecular flexibility index (Phi) is 5.77. The summed E-state index contributed by atoms with van der Waals surface area (Å²) in [5.41, 5.74) is 7.95. The third-order valence-electron chi connectivity index (χ3n) is 5.23. The molecule has 2 heterocycles. The molecule has 2 aromatic heterocycles. The van der Waals surface area contributed by atoms with E-state index in [4.69, 9.17) is 0 Å². The Morgan fingerprint density at radius 2 is 1.83 bits per heavy atom. The SMILES string of the molecule is Cc1cccc(CNC(=O)CCSc2nnc3cc(C)c4cc(C)cc(C)c4n23)c1. The van der Waals surface area contributed by atoms with Crippen LogP contribution >= 0.6 is 11.8 Å². The number of nitrogens with zero attached hydrogens (tertiary/aromatic N) is 3. The van der Waals surface area contributed by atoms with Crippen molar-refractivity contribution in [2.24, 2.45) is 0 Å². The molecule has 0 bridgehead atoms. The number of hydrogen-bond donors (Lipinski definition) is 1. The van der Waals surface area contributed by atoms with E-state index in [1.54, 1.807) is 11.8 Å². The van der Waals surface area contributed by atoms with Crippen molar-refractivity contribution in [1.29, 1.82) is 0 Å². The molecule has 0 unspecified atom stereocenters. The number of fused-ring (bicyclic) bond motifs is 3. The van der Waals surface area contributed by atoms with Crippen molar-refractivity contribution in [1.82, 2.24) is 19.9 Å². The minimum Gasteiger partial charge on any atom is -0.352 e. The number of benzene rings is 2. The second-order valence-corrected chi connectivity index (χ2v) is 8.91. The van der Waals surface area contributed by atoms with Gasteiger partial charge in [0.15, 0.2) is 10.8 Å². The molecule has 0 atom stereocenters. The average molecular weight is 419 g/mol. The standard InChI is InChI=1S/C24H26N4OS/c1-15-6-5-7-19(11-15)14-25-22(29)8-9-30-24-27-26-21-13-17(3)20-12-16(2)10-18(4)23(20)28(21)24/h5-7,10-13H,8-9,14H2,1-4H3,(H,25,29). The van der Waals surface area contributed by atoms with Crippen molar-refractivity contribution < 1.29 is 4.79 Å². The Hall–Kier alpha value is -2.86. The number of carbonyl (C=O) groups is 1. The molecule has 2 aromatic carbocycles. The lowest BCUT2D eigenvalue weighted by atomic mass is 10.0. The maximum Gasteiger partial charge on any atom is 0.221 e. The van der Waals surface area contributed by atoms with Crippen LogP contribution in [0, 0.1) is 27.7 Å². The average Bonchev–Trinajstić information content (AvgIpc) is 3.09. The molecular formula is C24H26N4OS. The molecule has 0 spiro atoms. The summed E-state index contributed by atoms with van der Waals surface area (Å²) in [5.74, 6) is 0.700. The molecule has 0 fully saturated rings. The summed E-state index contributed by atoms with van der Waals surface area (Å²) in [6.45, 7) is 8.97. The summed E-state index contributed by atoms with van der Waals surface area (Å²) in [7, 11) is 0. The van der Waals surface area contributed by atoms with Crippen molar-refractivity contribution in [2.75, 3.05) is 5.75 Å². The van der Waals surface area contributed by atoms with Gasteiger partial charge >= 0.3 is 0 Å².